The second-order valence-electron chi connectivity index (χ2n) is 23.0. The largest absolute Gasteiger partial charge is 0.357 e. The number of rotatable bonds is 11. The van der Waals surface area contributed by atoms with E-state index >= 15 is 9.18 Å². The first-order chi connectivity index (χ1) is 36.8. The summed E-state index contributed by atoms with van der Waals surface area (Å²) in [7, 11) is 2.03. The number of imide groups is 1. The average molecular weight is 1030 g/mol. The number of piperidine rings is 3. The molecule has 2 saturated carbocycles. The fourth-order valence-corrected chi connectivity index (χ4v) is 13.7. The number of halogens is 1. The van der Waals surface area contributed by atoms with Gasteiger partial charge in [0.15, 0.2) is 11.6 Å². The molecule has 2 aliphatic carbocycles. The van der Waals surface area contributed by atoms with Crippen molar-refractivity contribution < 1.29 is 28.4 Å². The molecule has 398 valence electrons. The molecule has 5 aliphatic heterocycles. The highest BCUT2D eigenvalue weighted by atomic mass is 19.1. The monoisotopic (exact) mass is 1030 g/mol. The lowest BCUT2D eigenvalue weighted by atomic mass is 9.73. The maximum atomic E-state index is 15.3. The Morgan fingerprint density at radius 2 is 1.61 bits per heavy atom. The maximum Gasteiger partial charge on any atom is 0.238 e. The van der Waals surface area contributed by atoms with Crippen molar-refractivity contribution in [1.82, 2.24) is 44.5 Å². The topological polar surface area (TPSA) is 182 Å². The predicted molar refractivity (Wildman–Crippen MR) is 286 cm³/mol. The molecule has 5 amide bonds. The number of likely N-dealkylation sites (tertiary alicyclic amines) is 3. The Labute approximate surface area is 443 Å². The number of pyridine rings is 3. The van der Waals surface area contributed by atoms with Gasteiger partial charge < -0.3 is 34.4 Å². The van der Waals surface area contributed by atoms with E-state index < -0.39 is 11.2 Å². The Bertz CT molecular complexity index is 3060. The highest BCUT2D eigenvalue weighted by molar-refractivity contribution is 6.09. The molecule has 0 unspecified atom stereocenters. The van der Waals surface area contributed by atoms with E-state index in [-0.39, 0.29) is 71.1 Å². The third-order valence-corrected chi connectivity index (χ3v) is 18.3. The number of amides is 5. The number of anilines is 4. The zero-order valence-corrected chi connectivity index (χ0v) is 43.9. The summed E-state index contributed by atoms with van der Waals surface area (Å²) < 4.78 is 17.1. The van der Waals surface area contributed by atoms with Crippen LogP contribution in [0, 0.1) is 17.7 Å². The number of carbonyl (C=O) groups is 5. The van der Waals surface area contributed by atoms with Gasteiger partial charge in [-0.25, -0.2) is 19.3 Å². The van der Waals surface area contributed by atoms with Crippen LogP contribution in [0.1, 0.15) is 127 Å². The number of benzene rings is 1. The number of hydrogen-bond acceptors (Lipinski definition) is 12. The van der Waals surface area contributed by atoms with Gasteiger partial charge in [-0.05, 0) is 139 Å². The molecule has 4 aromatic heterocycles. The van der Waals surface area contributed by atoms with E-state index in [9.17, 15) is 19.2 Å². The number of nitrogens with one attached hydrogen (secondary N) is 2. The van der Waals surface area contributed by atoms with Crippen molar-refractivity contribution in [1.29, 1.82) is 0 Å². The van der Waals surface area contributed by atoms with E-state index in [4.69, 9.17) is 9.97 Å². The molecule has 76 heavy (non-hydrogen) atoms. The molecular formula is C58H69FN12O5. The molecular weight excluding hydrogens is 964 g/mol. The summed E-state index contributed by atoms with van der Waals surface area (Å²) in [4.78, 5) is 97.0. The van der Waals surface area contributed by atoms with E-state index in [2.05, 4.69) is 61.3 Å². The SMILES string of the molecule is CC(C)n1cnc2cc(-c3ccc4c(c3)N(C3CC(N5CCCCC5)C3)C(=O)C43CCN(C(=O)[C@@H]4CCN(C(=O)C5CCC(N(C)c6ccc([C@H]7CCC(=O)NC7=O)cn6)CC5)C4)CC3)nc(Nc3ccncc3F)c21. The van der Waals surface area contributed by atoms with Gasteiger partial charge in [0.1, 0.15) is 11.3 Å². The van der Waals surface area contributed by atoms with Crippen LogP contribution in [0.4, 0.5) is 27.4 Å². The van der Waals surface area contributed by atoms with Crippen LogP contribution < -0.4 is 20.4 Å². The fraction of sp³-hybridized carbons (Fsp3) is 0.534. The van der Waals surface area contributed by atoms with E-state index in [1.807, 2.05) is 45.7 Å². The molecule has 1 spiro atoms. The Balaban J connectivity index is 0.718. The minimum atomic E-state index is -0.764. The van der Waals surface area contributed by atoms with Crippen molar-refractivity contribution in [3.63, 3.8) is 0 Å². The first-order valence-electron chi connectivity index (χ1n) is 27.9. The summed E-state index contributed by atoms with van der Waals surface area (Å²) in [5, 5.41) is 5.67. The molecule has 7 aliphatic rings. The molecule has 4 saturated heterocycles. The number of nitrogens with zero attached hydrogens (tertiary/aromatic N) is 10. The van der Waals surface area contributed by atoms with Gasteiger partial charge >= 0.3 is 0 Å². The molecule has 0 bridgehead atoms. The molecule has 6 fully saturated rings. The highest BCUT2D eigenvalue weighted by Gasteiger charge is 2.56. The van der Waals surface area contributed by atoms with Gasteiger partial charge in [-0.2, -0.15) is 0 Å². The quantitative estimate of drug-likeness (QED) is 0.124. The first-order valence-corrected chi connectivity index (χ1v) is 27.9. The van der Waals surface area contributed by atoms with Crippen LogP contribution in [-0.4, -0.2) is 133 Å². The first kappa shape index (κ1) is 50.0. The summed E-state index contributed by atoms with van der Waals surface area (Å²) in [5.41, 5.74) is 5.19. The standard InChI is InChI=1S/C58H69FN12O5/c1-35(2)70-34-62-48-30-47(64-53(52(48)70)63-46-17-21-60-32-45(46)59)37-9-14-44-49(27-37)71(42-28-41(29-42)67-22-5-4-6-23-67)57(76)58(44)19-25-68(26-20-58)56(75)39-18-24-69(33-39)55(74)36-7-11-40(12-8-36)66(3)50-15-10-38(31-61-50)43-13-16-51(72)65-54(43)73/h9-10,14-15,17,21,27,30-32,34-36,39-43H,4-8,11-13,16,18-20,22-26,28-29,33H2,1-3H3,(H,60,63,64)(H,65,72,73)/t36?,39-,40?,41?,42?,43-/m1/s1. The molecule has 2 N–H and O–H groups in total. The van der Waals surface area contributed by atoms with Crippen molar-refractivity contribution in [3.05, 3.63) is 84.3 Å². The Kier molecular flexibility index (Phi) is 13.3. The molecule has 9 heterocycles. The molecule has 5 aromatic rings. The van der Waals surface area contributed by atoms with Crippen LogP contribution in [0.15, 0.2) is 67.4 Å². The number of hydrogen-bond donors (Lipinski definition) is 2. The maximum absolute atomic E-state index is 15.3. The van der Waals surface area contributed by atoms with Crippen molar-refractivity contribution in [2.24, 2.45) is 11.8 Å². The summed E-state index contributed by atoms with van der Waals surface area (Å²) in [6.07, 6.45) is 17.5. The minimum absolute atomic E-state index is 0.0671. The van der Waals surface area contributed by atoms with Crippen LogP contribution in [0.5, 0.6) is 0 Å². The highest BCUT2D eigenvalue weighted by Crippen LogP contribution is 2.52. The van der Waals surface area contributed by atoms with Crippen molar-refractivity contribution in [2.75, 3.05) is 61.4 Å². The molecule has 12 rings (SSSR count). The number of imidazole rings is 1. The lowest BCUT2D eigenvalue weighted by molar-refractivity contribution is -0.140. The van der Waals surface area contributed by atoms with Crippen molar-refractivity contribution in [2.45, 2.75) is 139 Å². The van der Waals surface area contributed by atoms with Gasteiger partial charge in [0.05, 0.1) is 46.7 Å². The summed E-state index contributed by atoms with van der Waals surface area (Å²) in [6, 6.07) is 14.5. The molecule has 18 heteroatoms. The Morgan fingerprint density at radius 3 is 2.33 bits per heavy atom. The summed E-state index contributed by atoms with van der Waals surface area (Å²) in [5.74, 6) is -0.105. The number of carbonyl (C=O) groups excluding carboxylic acids is 5. The molecule has 0 radical (unpaired) electrons. The van der Waals surface area contributed by atoms with Crippen LogP contribution in [0.3, 0.4) is 0 Å². The van der Waals surface area contributed by atoms with E-state index in [0.717, 1.165) is 90.8 Å². The van der Waals surface area contributed by atoms with Crippen LogP contribution in [-0.2, 0) is 29.4 Å². The second kappa shape index (κ2) is 20.3. The molecule has 1 aromatic carbocycles. The van der Waals surface area contributed by atoms with Gasteiger partial charge in [-0.3, -0.25) is 34.3 Å². The Morgan fingerprint density at radius 1 is 0.829 bits per heavy atom. The predicted octanol–water partition coefficient (Wildman–Crippen LogP) is 7.64. The minimum Gasteiger partial charge on any atom is -0.357 e. The van der Waals surface area contributed by atoms with Gasteiger partial charge in [-0.15, -0.1) is 0 Å². The zero-order chi connectivity index (χ0) is 52.4. The summed E-state index contributed by atoms with van der Waals surface area (Å²) in [6.45, 7) is 8.29. The zero-order valence-electron chi connectivity index (χ0n) is 43.9. The van der Waals surface area contributed by atoms with Crippen LogP contribution in [0.25, 0.3) is 22.3 Å². The van der Waals surface area contributed by atoms with Gasteiger partial charge in [-0.1, -0.05) is 24.6 Å². The third kappa shape index (κ3) is 9.06. The fourth-order valence-electron chi connectivity index (χ4n) is 13.7. The molecule has 17 nitrogen and oxygen atoms in total. The van der Waals surface area contributed by atoms with Gasteiger partial charge in [0, 0.05) is 93.4 Å². The van der Waals surface area contributed by atoms with Crippen LogP contribution in [0.2, 0.25) is 0 Å². The normalized spacial score (nSPS) is 25.8. The van der Waals surface area contributed by atoms with Gasteiger partial charge in [0.25, 0.3) is 0 Å². The number of aromatic nitrogens is 5. The lowest BCUT2D eigenvalue weighted by Gasteiger charge is -2.48. The van der Waals surface area contributed by atoms with Crippen molar-refractivity contribution in [3.8, 4) is 11.3 Å². The van der Waals surface area contributed by atoms with Crippen LogP contribution >= 0.6 is 0 Å². The van der Waals surface area contributed by atoms with E-state index in [1.54, 1.807) is 24.8 Å². The number of fused-ring (bicyclic) bond motifs is 3. The second-order valence-corrected chi connectivity index (χ2v) is 23.0. The van der Waals surface area contributed by atoms with Crippen molar-refractivity contribution >= 4 is 63.6 Å². The lowest BCUT2D eigenvalue weighted by Crippen LogP contribution is -2.58. The Hall–Kier alpha value is -6.82. The van der Waals surface area contributed by atoms with E-state index in [1.165, 1.54) is 25.5 Å². The smallest absolute Gasteiger partial charge is 0.238 e. The summed E-state index contributed by atoms with van der Waals surface area (Å²) >= 11 is 0. The molecule has 2 atom stereocenters. The average Bonchev–Trinajstić information content (AvgIpc) is 4.20. The van der Waals surface area contributed by atoms with Gasteiger partial charge in [0.2, 0.25) is 29.5 Å². The third-order valence-electron chi connectivity index (χ3n) is 18.3. The van der Waals surface area contributed by atoms with E-state index in [0.29, 0.717) is 75.8 Å².